The fourth-order valence-electron chi connectivity index (χ4n) is 4.07. The number of fused-ring (bicyclic) bond motifs is 1. The van der Waals surface area contributed by atoms with E-state index in [9.17, 15) is 15.2 Å². The Morgan fingerprint density at radius 3 is 2.60 bits per heavy atom. The number of hydrogen-bond acceptors (Lipinski definition) is 4. The Bertz CT molecular complexity index is 1110. The molecule has 30 heavy (non-hydrogen) atoms. The molecule has 6 nitrogen and oxygen atoms in total. The van der Waals surface area contributed by atoms with Crippen molar-refractivity contribution >= 4 is 22.9 Å². The molecule has 1 aliphatic rings. The third kappa shape index (κ3) is 3.81. The molecule has 0 saturated heterocycles. The highest BCUT2D eigenvalue weighted by molar-refractivity contribution is 5.92. The molecule has 1 saturated carbocycles. The molecule has 6 heteroatoms. The zero-order valence-corrected chi connectivity index (χ0v) is 16.6. The Morgan fingerprint density at radius 2 is 2.00 bits per heavy atom. The Morgan fingerprint density at radius 1 is 1.30 bits per heavy atom. The Labute approximate surface area is 177 Å². The number of aromatic nitrogens is 2. The molecule has 0 bridgehead atoms. The van der Waals surface area contributed by atoms with Crippen LogP contribution in [0.4, 0.5) is 5.95 Å². The number of benzene rings is 2. The molecule has 156 valence electrons. The van der Waals surface area contributed by atoms with E-state index in [4.69, 9.17) is 0 Å². The second-order valence-electron chi connectivity index (χ2n) is 8.30. The van der Waals surface area contributed by atoms with E-state index in [1.54, 1.807) is 25.1 Å². The molecule has 2 N–H and O–H groups in total. The van der Waals surface area contributed by atoms with Crippen LogP contribution >= 0.6 is 0 Å². The van der Waals surface area contributed by atoms with Gasteiger partial charge in [0.05, 0.1) is 34.7 Å². The van der Waals surface area contributed by atoms with E-state index in [2.05, 4.69) is 23.3 Å². The number of carbonyl (C=O) groups excluding carboxylic acids is 1. The zero-order chi connectivity index (χ0) is 20.6. The zero-order valence-electron chi connectivity index (χ0n) is 16.6. The number of nitrogens with zero attached hydrogens (tertiary/aromatic N) is 3. The predicted molar refractivity (Wildman–Crippen MR) is 118 cm³/mol. The summed E-state index contributed by atoms with van der Waals surface area (Å²) in [5.41, 5.74) is 1.41. The van der Waals surface area contributed by atoms with Crippen LogP contribution in [0.15, 0.2) is 48.5 Å². The van der Waals surface area contributed by atoms with Gasteiger partial charge in [0, 0.05) is 5.54 Å². The lowest BCUT2D eigenvalue weighted by Gasteiger charge is -2.41. The number of nitriles is 1. The largest absolute Gasteiger partial charge is 0.385 e. The van der Waals surface area contributed by atoms with Crippen LogP contribution in [0.2, 0.25) is 0 Å². The van der Waals surface area contributed by atoms with Crippen LogP contribution in [0, 0.1) is 11.3 Å². The van der Waals surface area contributed by atoms with E-state index >= 15 is 0 Å². The minimum absolute atomic E-state index is 0. The number of aliphatic hydroxyl groups is 1. The first kappa shape index (κ1) is 21.5. The van der Waals surface area contributed by atoms with Crippen molar-refractivity contribution in [1.29, 1.82) is 5.26 Å². The molecule has 1 atom stereocenters. The third-order valence-electron chi connectivity index (χ3n) is 5.91. The molecule has 1 amide bonds. The monoisotopic (exact) mass is 404 g/mol. The van der Waals surface area contributed by atoms with Gasteiger partial charge in [0.15, 0.2) is 0 Å². The number of nitrogens with one attached hydrogen (secondary N) is 1. The van der Waals surface area contributed by atoms with Gasteiger partial charge in [-0.2, -0.15) is 5.26 Å². The normalized spacial score (nSPS) is 16.6. The van der Waals surface area contributed by atoms with Gasteiger partial charge in [-0.25, -0.2) is 4.98 Å². The van der Waals surface area contributed by atoms with Crippen LogP contribution in [0.5, 0.6) is 0 Å². The van der Waals surface area contributed by atoms with Gasteiger partial charge >= 0.3 is 0 Å². The second-order valence-corrected chi connectivity index (χ2v) is 8.30. The van der Waals surface area contributed by atoms with Gasteiger partial charge in [-0.1, -0.05) is 37.8 Å². The van der Waals surface area contributed by atoms with E-state index in [0.717, 1.165) is 30.3 Å². The maximum Gasteiger partial charge on any atom is 0.229 e. The molecule has 0 unspecified atom stereocenters. The summed E-state index contributed by atoms with van der Waals surface area (Å²) in [5, 5.41) is 23.0. The number of imidazole rings is 1. The fraction of sp³-hybridized carbons (Fsp3) is 0.375. The maximum absolute atomic E-state index is 12.8. The lowest BCUT2D eigenvalue weighted by molar-refractivity contribution is -0.120. The number of rotatable bonds is 5. The quantitative estimate of drug-likeness (QED) is 0.646. The highest BCUT2D eigenvalue weighted by Crippen LogP contribution is 2.43. The van der Waals surface area contributed by atoms with Gasteiger partial charge in [-0.15, -0.1) is 0 Å². The molecule has 1 aromatic heterocycles. The second kappa shape index (κ2) is 7.92. The first-order valence-electron chi connectivity index (χ1n) is 9.83. The summed E-state index contributed by atoms with van der Waals surface area (Å²) in [5.74, 6) is 0.157. The summed E-state index contributed by atoms with van der Waals surface area (Å²) < 4.78 is 2.04. The minimum Gasteiger partial charge on any atom is -0.385 e. The summed E-state index contributed by atoms with van der Waals surface area (Å²) in [7, 11) is 0. The van der Waals surface area contributed by atoms with Crippen molar-refractivity contribution in [2.24, 2.45) is 0 Å². The molecule has 3 aromatic rings. The van der Waals surface area contributed by atoms with E-state index in [-0.39, 0.29) is 25.3 Å². The number of amides is 1. The van der Waals surface area contributed by atoms with E-state index in [1.807, 2.05) is 34.9 Å². The number of carbonyl (C=O) groups is 1. The van der Waals surface area contributed by atoms with Crippen LogP contribution in [0.1, 0.15) is 58.1 Å². The highest BCUT2D eigenvalue weighted by Gasteiger charge is 2.37. The summed E-state index contributed by atoms with van der Waals surface area (Å²) in [6.45, 7) is 3.78. The SMILES string of the molecule is C.CC1(n2c(NC(=O)C[C@](C)(O)c3ccccc3)nc3ccc(C#N)cc32)CCC1. The Hall–Kier alpha value is -3.17. The number of anilines is 1. The maximum atomic E-state index is 12.8. The Kier molecular flexibility index (Phi) is 5.69. The van der Waals surface area contributed by atoms with Gasteiger partial charge in [0.1, 0.15) is 0 Å². The number of hydrogen-bond donors (Lipinski definition) is 2. The molecule has 0 spiro atoms. The van der Waals surface area contributed by atoms with Crippen molar-refractivity contribution in [2.45, 2.75) is 58.1 Å². The van der Waals surface area contributed by atoms with E-state index in [1.165, 1.54) is 0 Å². The fourth-order valence-corrected chi connectivity index (χ4v) is 4.07. The standard InChI is InChI=1S/C23H24N4O2.CH4/c1-22(11-6-12-22)27-19-13-16(15-24)9-10-18(19)25-21(27)26-20(28)14-23(2,29)17-7-4-3-5-8-17;/h3-5,7-10,13,29H,6,11-12,14H2,1-2H3,(H,25,26,28);1H4/t23-;/m0./s1. The Balaban J connectivity index is 0.00000256. The summed E-state index contributed by atoms with van der Waals surface area (Å²) in [6.07, 6.45) is 3.00. The highest BCUT2D eigenvalue weighted by atomic mass is 16.3. The molecule has 1 heterocycles. The van der Waals surface area contributed by atoms with Crippen molar-refractivity contribution < 1.29 is 9.90 Å². The van der Waals surface area contributed by atoms with Crippen LogP contribution in [-0.4, -0.2) is 20.6 Å². The third-order valence-corrected chi connectivity index (χ3v) is 5.91. The van der Waals surface area contributed by atoms with Gasteiger partial charge < -0.3 is 9.67 Å². The average molecular weight is 405 g/mol. The first-order chi connectivity index (χ1) is 13.8. The van der Waals surface area contributed by atoms with Gasteiger partial charge in [0.25, 0.3) is 0 Å². The van der Waals surface area contributed by atoms with Crippen molar-refractivity contribution in [3.8, 4) is 6.07 Å². The summed E-state index contributed by atoms with van der Waals surface area (Å²) in [4.78, 5) is 17.4. The van der Waals surface area contributed by atoms with Gasteiger partial charge in [0.2, 0.25) is 11.9 Å². The van der Waals surface area contributed by atoms with Crippen molar-refractivity contribution in [1.82, 2.24) is 9.55 Å². The summed E-state index contributed by atoms with van der Waals surface area (Å²) >= 11 is 0. The van der Waals surface area contributed by atoms with Crippen LogP contribution in [0.3, 0.4) is 0 Å². The smallest absolute Gasteiger partial charge is 0.229 e. The van der Waals surface area contributed by atoms with Crippen molar-refractivity contribution in [2.75, 3.05) is 5.32 Å². The molecule has 2 aromatic carbocycles. The van der Waals surface area contributed by atoms with Gasteiger partial charge in [-0.3, -0.25) is 10.1 Å². The molecule has 4 rings (SSSR count). The van der Waals surface area contributed by atoms with Crippen LogP contribution in [-0.2, 0) is 15.9 Å². The predicted octanol–water partition coefficient (Wildman–Crippen LogP) is 4.68. The molecule has 0 aliphatic heterocycles. The van der Waals surface area contributed by atoms with Crippen molar-refractivity contribution in [3.05, 3.63) is 59.7 Å². The average Bonchev–Trinajstić information content (AvgIpc) is 3.03. The van der Waals surface area contributed by atoms with Gasteiger partial charge in [-0.05, 0) is 56.9 Å². The molecule has 0 radical (unpaired) electrons. The lowest BCUT2D eigenvalue weighted by Crippen LogP contribution is -2.38. The topological polar surface area (TPSA) is 90.9 Å². The van der Waals surface area contributed by atoms with E-state index < -0.39 is 5.60 Å². The minimum atomic E-state index is -1.28. The first-order valence-corrected chi connectivity index (χ1v) is 9.83. The molecule has 1 fully saturated rings. The molecular formula is C24H28N4O2. The van der Waals surface area contributed by atoms with Crippen LogP contribution < -0.4 is 5.32 Å². The molecule has 1 aliphatic carbocycles. The van der Waals surface area contributed by atoms with Crippen molar-refractivity contribution in [3.63, 3.8) is 0 Å². The molecular weight excluding hydrogens is 376 g/mol. The summed E-state index contributed by atoms with van der Waals surface area (Å²) in [6, 6.07) is 16.7. The van der Waals surface area contributed by atoms with Crippen LogP contribution in [0.25, 0.3) is 11.0 Å². The lowest BCUT2D eigenvalue weighted by atomic mass is 9.78. The van der Waals surface area contributed by atoms with E-state index in [0.29, 0.717) is 17.1 Å².